The lowest BCUT2D eigenvalue weighted by Crippen LogP contribution is -2.50. The quantitative estimate of drug-likeness (QED) is 0.909. The minimum atomic E-state index is -0.344. The summed E-state index contributed by atoms with van der Waals surface area (Å²) < 4.78 is 10.2. The molecule has 0 aliphatic carbocycles. The van der Waals surface area contributed by atoms with E-state index in [1.807, 2.05) is 13.8 Å². The third kappa shape index (κ3) is 4.31. The summed E-state index contributed by atoms with van der Waals surface area (Å²) in [4.78, 5) is 27.6. The fraction of sp³-hybridized carbons (Fsp3) is 0.529. The molecule has 1 N–H and O–H groups in total. The van der Waals surface area contributed by atoms with E-state index < -0.39 is 0 Å². The number of phenols is 1. The largest absolute Gasteiger partial charge is 0.507 e. The normalized spacial score (nSPS) is 14.7. The van der Waals surface area contributed by atoms with Gasteiger partial charge in [-0.3, -0.25) is 4.79 Å². The molecule has 0 saturated carbocycles. The molecule has 1 heterocycles. The van der Waals surface area contributed by atoms with Crippen LogP contribution in [0.25, 0.3) is 0 Å². The monoisotopic (exact) mass is 336 g/mol. The number of benzene rings is 1. The van der Waals surface area contributed by atoms with Gasteiger partial charge in [-0.25, -0.2) is 4.79 Å². The summed E-state index contributed by atoms with van der Waals surface area (Å²) in [7, 11) is 1.49. The van der Waals surface area contributed by atoms with Gasteiger partial charge in [0.05, 0.1) is 19.3 Å². The molecule has 24 heavy (non-hydrogen) atoms. The van der Waals surface area contributed by atoms with Crippen molar-refractivity contribution in [2.24, 2.45) is 5.92 Å². The van der Waals surface area contributed by atoms with Gasteiger partial charge < -0.3 is 24.4 Å². The molecule has 1 aromatic carbocycles. The Morgan fingerprint density at radius 2 is 1.79 bits per heavy atom. The number of aromatic hydroxyl groups is 1. The average Bonchev–Trinajstić information content (AvgIpc) is 2.59. The second-order valence-corrected chi connectivity index (χ2v) is 6.13. The Hall–Kier alpha value is -2.44. The number of methoxy groups -OCH3 is 1. The van der Waals surface area contributed by atoms with Crippen LogP contribution in [-0.2, 0) is 4.74 Å². The van der Waals surface area contributed by atoms with Crippen LogP contribution < -0.4 is 4.74 Å². The van der Waals surface area contributed by atoms with Crippen LogP contribution in [0.1, 0.15) is 24.2 Å². The van der Waals surface area contributed by atoms with Gasteiger partial charge in [0, 0.05) is 32.2 Å². The number of ether oxygens (including phenoxy) is 2. The Morgan fingerprint density at radius 1 is 1.17 bits per heavy atom. The lowest BCUT2D eigenvalue weighted by molar-refractivity contribution is 0.0533. The van der Waals surface area contributed by atoms with Gasteiger partial charge in [0.1, 0.15) is 11.5 Å². The number of rotatable bonds is 4. The van der Waals surface area contributed by atoms with Crippen LogP contribution in [0.15, 0.2) is 18.2 Å². The van der Waals surface area contributed by atoms with Crippen molar-refractivity contribution < 1.29 is 24.2 Å². The smallest absolute Gasteiger partial charge is 0.409 e. The van der Waals surface area contributed by atoms with Crippen LogP contribution in [0.4, 0.5) is 4.79 Å². The van der Waals surface area contributed by atoms with Crippen molar-refractivity contribution >= 4 is 12.0 Å². The number of carbonyl (C=O) groups excluding carboxylic acids is 2. The summed E-state index contributed by atoms with van der Waals surface area (Å²) in [5.74, 6) is 0.403. The Bertz CT molecular complexity index is 595. The van der Waals surface area contributed by atoms with Crippen molar-refractivity contribution in [1.29, 1.82) is 0 Å². The minimum absolute atomic E-state index is 0.113. The van der Waals surface area contributed by atoms with E-state index in [1.165, 1.54) is 13.2 Å². The van der Waals surface area contributed by atoms with E-state index in [0.717, 1.165) is 0 Å². The van der Waals surface area contributed by atoms with Crippen LogP contribution in [-0.4, -0.2) is 66.8 Å². The summed E-state index contributed by atoms with van der Waals surface area (Å²) in [6.07, 6.45) is -0.344. The van der Waals surface area contributed by atoms with Gasteiger partial charge in [-0.15, -0.1) is 0 Å². The van der Waals surface area contributed by atoms with Gasteiger partial charge in [-0.1, -0.05) is 13.8 Å². The standard InChI is InChI=1S/C17H24N2O5/c1-12(2)11-24-17(22)19-8-6-18(7-9-19)16(21)14-5-4-13(23-3)10-15(14)20/h4-5,10,12,20H,6-9,11H2,1-3H3. The van der Waals surface area contributed by atoms with Crippen LogP contribution in [0.3, 0.4) is 0 Å². The van der Waals surface area contributed by atoms with Crippen molar-refractivity contribution in [2.45, 2.75) is 13.8 Å². The van der Waals surface area contributed by atoms with E-state index in [1.54, 1.807) is 21.9 Å². The van der Waals surface area contributed by atoms with Crippen LogP contribution >= 0.6 is 0 Å². The third-order valence-corrected chi connectivity index (χ3v) is 3.80. The van der Waals surface area contributed by atoms with E-state index in [2.05, 4.69) is 0 Å². The predicted molar refractivity (Wildman–Crippen MR) is 88.3 cm³/mol. The molecule has 2 rings (SSSR count). The number of piperazine rings is 1. The molecule has 132 valence electrons. The Balaban J connectivity index is 1.92. The second-order valence-electron chi connectivity index (χ2n) is 6.13. The van der Waals surface area contributed by atoms with Crippen LogP contribution in [0.2, 0.25) is 0 Å². The first-order valence-corrected chi connectivity index (χ1v) is 8.00. The van der Waals surface area contributed by atoms with Gasteiger partial charge in [0.15, 0.2) is 0 Å². The van der Waals surface area contributed by atoms with Gasteiger partial charge in [-0.05, 0) is 18.1 Å². The maximum absolute atomic E-state index is 12.5. The molecule has 0 spiro atoms. The van der Waals surface area contributed by atoms with Crippen LogP contribution in [0, 0.1) is 5.92 Å². The first-order valence-electron chi connectivity index (χ1n) is 8.00. The topological polar surface area (TPSA) is 79.3 Å². The predicted octanol–water partition coefficient (Wildman–Crippen LogP) is 1.95. The highest BCUT2D eigenvalue weighted by Gasteiger charge is 2.27. The third-order valence-electron chi connectivity index (χ3n) is 3.80. The second kappa shape index (κ2) is 7.90. The maximum atomic E-state index is 12.5. The van der Waals surface area contributed by atoms with Crippen molar-refractivity contribution in [3.05, 3.63) is 23.8 Å². The number of hydrogen-bond donors (Lipinski definition) is 1. The lowest BCUT2D eigenvalue weighted by Gasteiger charge is -2.34. The summed E-state index contributed by atoms with van der Waals surface area (Å²) in [6.45, 7) is 5.98. The summed E-state index contributed by atoms with van der Waals surface area (Å²) in [5, 5.41) is 9.97. The van der Waals surface area contributed by atoms with Crippen molar-refractivity contribution in [3.63, 3.8) is 0 Å². The van der Waals surface area contributed by atoms with E-state index in [9.17, 15) is 14.7 Å². The van der Waals surface area contributed by atoms with Gasteiger partial charge in [0.25, 0.3) is 5.91 Å². The van der Waals surface area contributed by atoms with Crippen LogP contribution in [0.5, 0.6) is 11.5 Å². The maximum Gasteiger partial charge on any atom is 0.409 e. The van der Waals surface area contributed by atoms with Gasteiger partial charge >= 0.3 is 6.09 Å². The van der Waals surface area contributed by atoms with Gasteiger partial charge in [-0.2, -0.15) is 0 Å². The number of nitrogens with zero attached hydrogens (tertiary/aromatic N) is 2. The molecule has 0 aromatic heterocycles. The molecule has 7 heteroatoms. The molecule has 0 radical (unpaired) electrons. The van der Waals surface area contributed by atoms with E-state index >= 15 is 0 Å². The molecule has 1 aromatic rings. The molecule has 1 aliphatic heterocycles. The first-order chi connectivity index (χ1) is 11.4. The molecule has 1 aliphatic rings. The lowest BCUT2D eigenvalue weighted by atomic mass is 10.1. The zero-order valence-electron chi connectivity index (χ0n) is 14.3. The van der Waals surface area contributed by atoms with Crippen molar-refractivity contribution in [3.8, 4) is 11.5 Å². The fourth-order valence-electron chi connectivity index (χ4n) is 2.41. The SMILES string of the molecule is COc1ccc(C(=O)N2CCN(C(=O)OCC(C)C)CC2)c(O)c1. The molecule has 0 unspecified atom stereocenters. The first kappa shape index (κ1) is 17.9. The highest BCUT2D eigenvalue weighted by atomic mass is 16.6. The van der Waals surface area contributed by atoms with E-state index in [0.29, 0.717) is 38.5 Å². The molecule has 1 saturated heterocycles. The summed E-state index contributed by atoms with van der Waals surface area (Å²) in [6, 6.07) is 4.58. The molecule has 2 amide bonds. The molecular weight excluding hydrogens is 312 g/mol. The Labute approximate surface area is 141 Å². The summed E-state index contributed by atoms with van der Waals surface area (Å²) >= 11 is 0. The van der Waals surface area contributed by atoms with E-state index in [4.69, 9.17) is 9.47 Å². The zero-order valence-corrected chi connectivity index (χ0v) is 14.3. The summed E-state index contributed by atoms with van der Waals surface area (Å²) in [5.41, 5.74) is 0.228. The highest BCUT2D eigenvalue weighted by Crippen LogP contribution is 2.25. The number of carbonyl (C=O) groups is 2. The molecule has 0 atom stereocenters. The van der Waals surface area contributed by atoms with Gasteiger partial charge in [0.2, 0.25) is 0 Å². The van der Waals surface area contributed by atoms with Crippen molar-refractivity contribution in [2.75, 3.05) is 39.9 Å². The fourth-order valence-corrected chi connectivity index (χ4v) is 2.41. The number of hydrogen-bond acceptors (Lipinski definition) is 5. The number of amides is 2. The Morgan fingerprint density at radius 3 is 2.33 bits per heavy atom. The molecule has 1 fully saturated rings. The molecule has 0 bridgehead atoms. The van der Waals surface area contributed by atoms with Crippen molar-refractivity contribution in [1.82, 2.24) is 9.80 Å². The van der Waals surface area contributed by atoms with E-state index in [-0.39, 0.29) is 29.2 Å². The average molecular weight is 336 g/mol. The minimum Gasteiger partial charge on any atom is -0.507 e. The highest BCUT2D eigenvalue weighted by molar-refractivity contribution is 5.97. The number of phenolic OH excluding ortho intramolecular Hbond substituents is 1. The molecule has 7 nitrogen and oxygen atoms in total. The molecular formula is C17H24N2O5. The Kier molecular flexibility index (Phi) is 5.89. The zero-order chi connectivity index (χ0) is 17.7.